The van der Waals surface area contributed by atoms with Crippen LogP contribution in [0.5, 0.6) is 0 Å². The van der Waals surface area contributed by atoms with Crippen LogP contribution in [-0.2, 0) is 4.74 Å². The lowest BCUT2D eigenvalue weighted by Gasteiger charge is -2.08. The molecular weight excluding hydrogens is 214 g/mol. The molecule has 0 saturated heterocycles. The van der Waals surface area contributed by atoms with E-state index in [4.69, 9.17) is 10.00 Å². The van der Waals surface area contributed by atoms with Crippen molar-refractivity contribution in [3.05, 3.63) is 23.9 Å². The van der Waals surface area contributed by atoms with Gasteiger partial charge in [0.1, 0.15) is 11.9 Å². The van der Waals surface area contributed by atoms with E-state index in [9.17, 15) is 0 Å². The summed E-state index contributed by atoms with van der Waals surface area (Å²) in [5.41, 5.74) is 0.584. The standard InChI is InChI=1S/C13H19N3O/c1-11(2)17-8-4-3-7-15-13-6-5-12(9-14)10-16-13/h5-6,10-11H,3-4,7-8H2,1-2H3,(H,15,16). The average molecular weight is 233 g/mol. The van der Waals surface area contributed by atoms with Crippen LogP contribution in [0.3, 0.4) is 0 Å². The number of unbranched alkanes of at least 4 members (excludes halogenated alkanes) is 1. The zero-order valence-electron chi connectivity index (χ0n) is 10.4. The Morgan fingerprint density at radius 3 is 2.82 bits per heavy atom. The normalized spacial score (nSPS) is 10.2. The van der Waals surface area contributed by atoms with Gasteiger partial charge in [-0.3, -0.25) is 0 Å². The van der Waals surface area contributed by atoms with Crippen molar-refractivity contribution in [1.29, 1.82) is 5.26 Å². The largest absolute Gasteiger partial charge is 0.379 e. The highest BCUT2D eigenvalue weighted by Gasteiger charge is 1.96. The Morgan fingerprint density at radius 1 is 1.41 bits per heavy atom. The van der Waals surface area contributed by atoms with E-state index in [0.29, 0.717) is 11.7 Å². The van der Waals surface area contributed by atoms with Gasteiger partial charge in [0.15, 0.2) is 0 Å². The predicted octanol–water partition coefficient (Wildman–Crippen LogP) is 2.57. The number of nitrogens with zero attached hydrogens (tertiary/aromatic N) is 2. The average Bonchev–Trinajstić information content (AvgIpc) is 2.34. The van der Waals surface area contributed by atoms with E-state index in [1.165, 1.54) is 0 Å². The van der Waals surface area contributed by atoms with Crippen LogP contribution in [0.2, 0.25) is 0 Å². The van der Waals surface area contributed by atoms with Crippen molar-refractivity contribution in [3.63, 3.8) is 0 Å². The molecule has 0 saturated carbocycles. The van der Waals surface area contributed by atoms with Gasteiger partial charge in [0.25, 0.3) is 0 Å². The Hall–Kier alpha value is -1.60. The molecule has 4 nitrogen and oxygen atoms in total. The molecule has 0 radical (unpaired) electrons. The molecule has 4 heteroatoms. The number of nitriles is 1. The third-order valence-electron chi connectivity index (χ3n) is 2.22. The Labute approximate surface area is 103 Å². The Balaban J connectivity index is 2.12. The first-order chi connectivity index (χ1) is 8.22. The molecule has 0 aliphatic rings. The summed E-state index contributed by atoms with van der Waals surface area (Å²) in [5.74, 6) is 0.814. The lowest BCUT2D eigenvalue weighted by molar-refractivity contribution is 0.0765. The molecule has 0 aliphatic carbocycles. The molecule has 0 spiro atoms. The second-order valence-corrected chi connectivity index (χ2v) is 4.10. The van der Waals surface area contributed by atoms with E-state index in [1.54, 1.807) is 12.3 Å². The zero-order chi connectivity index (χ0) is 12.5. The fourth-order valence-electron chi connectivity index (χ4n) is 1.33. The quantitative estimate of drug-likeness (QED) is 0.735. The van der Waals surface area contributed by atoms with Crippen molar-refractivity contribution in [2.45, 2.75) is 32.8 Å². The first kappa shape index (κ1) is 13.5. The molecule has 17 heavy (non-hydrogen) atoms. The minimum Gasteiger partial charge on any atom is -0.379 e. The first-order valence-electron chi connectivity index (χ1n) is 5.94. The van der Waals surface area contributed by atoms with Crippen LogP contribution in [0.15, 0.2) is 18.3 Å². The van der Waals surface area contributed by atoms with E-state index in [-0.39, 0.29) is 0 Å². The lowest BCUT2D eigenvalue weighted by Crippen LogP contribution is -2.07. The second-order valence-electron chi connectivity index (χ2n) is 4.10. The number of nitrogens with one attached hydrogen (secondary N) is 1. The molecular formula is C13H19N3O. The van der Waals surface area contributed by atoms with Gasteiger partial charge in [-0.15, -0.1) is 0 Å². The fraction of sp³-hybridized carbons (Fsp3) is 0.538. The van der Waals surface area contributed by atoms with Gasteiger partial charge in [-0.25, -0.2) is 4.98 Å². The molecule has 1 heterocycles. The van der Waals surface area contributed by atoms with Crippen LogP contribution in [0, 0.1) is 11.3 Å². The van der Waals surface area contributed by atoms with Crippen molar-refractivity contribution in [2.75, 3.05) is 18.5 Å². The van der Waals surface area contributed by atoms with Crippen LogP contribution >= 0.6 is 0 Å². The topological polar surface area (TPSA) is 57.9 Å². The number of anilines is 1. The molecule has 0 fully saturated rings. The Kier molecular flexibility index (Phi) is 6.05. The number of hydrogen-bond acceptors (Lipinski definition) is 4. The van der Waals surface area contributed by atoms with Gasteiger partial charge in [0.2, 0.25) is 0 Å². The number of aromatic nitrogens is 1. The van der Waals surface area contributed by atoms with E-state index in [1.807, 2.05) is 26.0 Å². The lowest BCUT2D eigenvalue weighted by atomic mass is 10.3. The van der Waals surface area contributed by atoms with Crippen molar-refractivity contribution in [1.82, 2.24) is 4.98 Å². The van der Waals surface area contributed by atoms with Gasteiger partial charge in [-0.1, -0.05) is 0 Å². The fourth-order valence-corrected chi connectivity index (χ4v) is 1.33. The van der Waals surface area contributed by atoms with E-state index in [0.717, 1.165) is 31.8 Å². The van der Waals surface area contributed by atoms with E-state index < -0.39 is 0 Å². The van der Waals surface area contributed by atoms with Gasteiger partial charge >= 0.3 is 0 Å². The van der Waals surface area contributed by atoms with Crippen LogP contribution in [0.1, 0.15) is 32.3 Å². The van der Waals surface area contributed by atoms with E-state index >= 15 is 0 Å². The molecule has 0 amide bonds. The van der Waals surface area contributed by atoms with Gasteiger partial charge in [-0.2, -0.15) is 5.26 Å². The van der Waals surface area contributed by atoms with Crippen LogP contribution < -0.4 is 5.32 Å². The summed E-state index contributed by atoms with van der Waals surface area (Å²) >= 11 is 0. The highest BCUT2D eigenvalue weighted by atomic mass is 16.5. The zero-order valence-corrected chi connectivity index (χ0v) is 10.4. The first-order valence-corrected chi connectivity index (χ1v) is 5.94. The van der Waals surface area contributed by atoms with Gasteiger partial charge in [0, 0.05) is 19.3 Å². The Bertz CT molecular complexity index is 354. The van der Waals surface area contributed by atoms with Crippen molar-refractivity contribution < 1.29 is 4.74 Å². The summed E-state index contributed by atoms with van der Waals surface area (Å²) in [7, 11) is 0. The molecule has 0 bridgehead atoms. The summed E-state index contributed by atoms with van der Waals surface area (Å²) in [4.78, 5) is 4.13. The molecule has 92 valence electrons. The molecule has 0 atom stereocenters. The van der Waals surface area contributed by atoms with Crippen molar-refractivity contribution in [2.24, 2.45) is 0 Å². The van der Waals surface area contributed by atoms with Crippen LogP contribution in [0.25, 0.3) is 0 Å². The Morgan fingerprint density at radius 2 is 2.24 bits per heavy atom. The summed E-state index contributed by atoms with van der Waals surface area (Å²) in [5, 5.41) is 11.8. The highest BCUT2D eigenvalue weighted by Crippen LogP contribution is 2.04. The smallest absolute Gasteiger partial charge is 0.125 e. The van der Waals surface area contributed by atoms with Crippen LogP contribution in [-0.4, -0.2) is 24.2 Å². The molecule has 1 aromatic heterocycles. The monoisotopic (exact) mass is 233 g/mol. The second kappa shape index (κ2) is 7.64. The van der Waals surface area contributed by atoms with Gasteiger partial charge < -0.3 is 10.1 Å². The van der Waals surface area contributed by atoms with Crippen molar-refractivity contribution >= 4 is 5.82 Å². The number of ether oxygens (including phenoxy) is 1. The summed E-state index contributed by atoms with van der Waals surface area (Å²) in [6.07, 6.45) is 3.98. The van der Waals surface area contributed by atoms with Gasteiger partial charge in [0.05, 0.1) is 11.7 Å². The molecule has 0 aliphatic heterocycles. The predicted molar refractivity (Wildman–Crippen MR) is 67.8 cm³/mol. The number of rotatable bonds is 7. The summed E-state index contributed by atoms with van der Waals surface area (Å²) < 4.78 is 5.44. The van der Waals surface area contributed by atoms with Crippen molar-refractivity contribution in [3.8, 4) is 6.07 Å². The molecule has 1 rings (SSSR count). The molecule has 1 aromatic rings. The summed E-state index contributed by atoms with van der Waals surface area (Å²) in [6.45, 7) is 5.76. The molecule has 0 unspecified atom stereocenters. The minimum atomic E-state index is 0.308. The maximum atomic E-state index is 8.62. The third kappa shape index (κ3) is 5.88. The molecule has 1 N–H and O–H groups in total. The maximum Gasteiger partial charge on any atom is 0.125 e. The van der Waals surface area contributed by atoms with Gasteiger partial charge in [-0.05, 0) is 38.8 Å². The summed E-state index contributed by atoms with van der Waals surface area (Å²) in [6, 6.07) is 5.63. The number of hydrogen-bond donors (Lipinski definition) is 1. The third-order valence-corrected chi connectivity index (χ3v) is 2.22. The molecule has 0 aromatic carbocycles. The SMILES string of the molecule is CC(C)OCCCCNc1ccc(C#N)cn1. The minimum absolute atomic E-state index is 0.308. The number of pyridine rings is 1. The maximum absolute atomic E-state index is 8.62. The van der Waals surface area contributed by atoms with Crippen LogP contribution in [0.4, 0.5) is 5.82 Å². The highest BCUT2D eigenvalue weighted by molar-refractivity contribution is 5.38. The van der Waals surface area contributed by atoms with E-state index in [2.05, 4.69) is 10.3 Å².